The largest absolute Gasteiger partial charge is 0.465 e. The van der Waals surface area contributed by atoms with Gasteiger partial charge in [0.1, 0.15) is 5.15 Å². The average Bonchev–Trinajstić information content (AvgIpc) is 2.42. The van der Waals surface area contributed by atoms with E-state index in [0.717, 1.165) is 0 Å². The van der Waals surface area contributed by atoms with Gasteiger partial charge in [-0.25, -0.2) is 9.78 Å². The van der Waals surface area contributed by atoms with Crippen molar-refractivity contribution in [1.82, 2.24) is 4.98 Å². The molecule has 1 heterocycles. The second kappa shape index (κ2) is 6.19. The molecule has 0 aliphatic heterocycles. The number of halogens is 4. The summed E-state index contributed by atoms with van der Waals surface area (Å²) in [5.74, 6) is -0.559. The maximum atomic E-state index is 11.8. The molecule has 3 nitrogen and oxygen atoms in total. The molecule has 0 aliphatic rings. The number of ether oxygens (including phenoxy) is 1. The SMILES string of the molecule is COC(=O)c1ccc(Cl)nc1-c1cc(Cl)cc(Cl)c1Cl. The first-order chi connectivity index (χ1) is 9.43. The van der Waals surface area contributed by atoms with Gasteiger partial charge in [0, 0.05) is 10.6 Å². The molecule has 104 valence electrons. The van der Waals surface area contributed by atoms with E-state index in [2.05, 4.69) is 4.98 Å². The predicted octanol–water partition coefficient (Wildman–Crippen LogP) is 5.15. The zero-order valence-corrected chi connectivity index (χ0v) is 13.1. The van der Waals surface area contributed by atoms with E-state index in [9.17, 15) is 4.79 Å². The topological polar surface area (TPSA) is 39.2 Å². The van der Waals surface area contributed by atoms with E-state index in [-0.39, 0.29) is 26.5 Å². The van der Waals surface area contributed by atoms with Crippen LogP contribution in [0.3, 0.4) is 0 Å². The smallest absolute Gasteiger partial charge is 0.340 e. The maximum absolute atomic E-state index is 11.8. The lowest BCUT2D eigenvalue weighted by atomic mass is 10.1. The minimum absolute atomic E-state index is 0.208. The average molecular weight is 351 g/mol. The molecule has 0 atom stereocenters. The number of esters is 1. The van der Waals surface area contributed by atoms with Crippen LogP contribution < -0.4 is 0 Å². The second-order valence-electron chi connectivity index (χ2n) is 3.77. The van der Waals surface area contributed by atoms with Gasteiger partial charge in [0.05, 0.1) is 28.4 Å². The van der Waals surface area contributed by atoms with E-state index < -0.39 is 5.97 Å². The van der Waals surface area contributed by atoms with E-state index in [0.29, 0.717) is 10.6 Å². The molecule has 1 aromatic heterocycles. The molecule has 20 heavy (non-hydrogen) atoms. The minimum atomic E-state index is -0.559. The molecule has 0 aliphatic carbocycles. The van der Waals surface area contributed by atoms with Crippen molar-refractivity contribution in [1.29, 1.82) is 0 Å². The van der Waals surface area contributed by atoms with Crippen molar-refractivity contribution in [2.75, 3.05) is 7.11 Å². The molecule has 0 unspecified atom stereocenters. The third-order valence-electron chi connectivity index (χ3n) is 2.51. The summed E-state index contributed by atoms with van der Waals surface area (Å²) in [5.41, 5.74) is 0.892. The molecular formula is C13H7Cl4NO2. The highest BCUT2D eigenvalue weighted by molar-refractivity contribution is 6.45. The van der Waals surface area contributed by atoms with Crippen molar-refractivity contribution in [2.45, 2.75) is 0 Å². The van der Waals surface area contributed by atoms with Gasteiger partial charge in [0.15, 0.2) is 0 Å². The van der Waals surface area contributed by atoms with Crippen molar-refractivity contribution in [2.24, 2.45) is 0 Å². The Balaban J connectivity index is 2.75. The van der Waals surface area contributed by atoms with Crippen LogP contribution in [0.2, 0.25) is 20.2 Å². The molecule has 2 aromatic rings. The molecule has 0 radical (unpaired) electrons. The summed E-state index contributed by atoms with van der Waals surface area (Å²) in [7, 11) is 1.27. The van der Waals surface area contributed by atoms with Gasteiger partial charge in [0.2, 0.25) is 0 Å². The third-order valence-corrected chi connectivity index (χ3v) is 3.75. The Bertz CT molecular complexity index is 688. The fraction of sp³-hybridized carbons (Fsp3) is 0.0769. The molecule has 2 rings (SSSR count). The quantitative estimate of drug-likeness (QED) is 0.427. The van der Waals surface area contributed by atoms with Gasteiger partial charge < -0.3 is 4.74 Å². The Morgan fingerprint density at radius 3 is 2.50 bits per heavy atom. The van der Waals surface area contributed by atoms with Crippen molar-refractivity contribution >= 4 is 52.4 Å². The van der Waals surface area contributed by atoms with Crippen LogP contribution in [0.25, 0.3) is 11.3 Å². The molecule has 0 bridgehead atoms. The van der Waals surface area contributed by atoms with Crippen molar-refractivity contribution in [3.63, 3.8) is 0 Å². The monoisotopic (exact) mass is 349 g/mol. The standard InChI is InChI=1S/C13H7Cl4NO2/c1-20-13(19)7-2-3-10(16)18-12(7)8-4-6(14)5-9(15)11(8)17/h2-5H,1H3. The number of pyridine rings is 1. The summed E-state index contributed by atoms with van der Waals surface area (Å²) in [6.45, 7) is 0. The number of aromatic nitrogens is 1. The third kappa shape index (κ3) is 3.01. The highest BCUT2D eigenvalue weighted by Crippen LogP contribution is 2.37. The van der Waals surface area contributed by atoms with Crippen LogP contribution in [0, 0.1) is 0 Å². The van der Waals surface area contributed by atoms with Gasteiger partial charge in [-0.3, -0.25) is 0 Å². The first kappa shape index (κ1) is 15.4. The predicted molar refractivity (Wildman–Crippen MR) is 81.1 cm³/mol. The van der Waals surface area contributed by atoms with E-state index in [1.54, 1.807) is 6.07 Å². The summed E-state index contributed by atoms with van der Waals surface area (Å²) in [6.07, 6.45) is 0. The van der Waals surface area contributed by atoms with Crippen LogP contribution in [0.1, 0.15) is 10.4 Å². The van der Waals surface area contributed by atoms with Crippen molar-refractivity contribution in [3.05, 3.63) is 50.0 Å². The summed E-state index contributed by atoms with van der Waals surface area (Å²) < 4.78 is 4.71. The fourth-order valence-corrected chi connectivity index (χ4v) is 2.48. The molecule has 1 aromatic carbocycles. The number of hydrogen-bond donors (Lipinski definition) is 0. The number of benzene rings is 1. The van der Waals surface area contributed by atoms with Crippen LogP contribution in [0.5, 0.6) is 0 Å². The van der Waals surface area contributed by atoms with Gasteiger partial charge in [-0.2, -0.15) is 0 Å². The Morgan fingerprint density at radius 1 is 1.15 bits per heavy atom. The van der Waals surface area contributed by atoms with E-state index in [1.807, 2.05) is 0 Å². The normalized spacial score (nSPS) is 10.4. The Labute approximate surface area is 135 Å². The van der Waals surface area contributed by atoms with Gasteiger partial charge in [-0.05, 0) is 24.3 Å². The Hall–Kier alpha value is -1.000. The van der Waals surface area contributed by atoms with Gasteiger partial charge in [0.25, 0.3) is 0 Å². The van der Waals surface area contributed by atoms with Gasteiger partial charge in [-0.15, -0.1) is 0 Å². The number of rotatable bonds is 2. The summed E-state index contributed by atoms with van der Waals surface area (Å²) in [6, 6.07) is 6.04. The highest BCUT2D eigenvalue weighted by Gasteiger charge is 2.19. The molecule has 0 N–H and O–H groups in total. The molecule has 0 spiro atoms. The molecule has 7 heteroatoms. The molecule has 0 amide bonds. The van der Waals surface area contributed by atoms with Crippen LogP contribution in [-0.4, -0.2) is 18.1 Å². The van der Waals surface area contributed by atoms with Crippen molar-refractivity contribution < 1.29 is 9.53 Å². The number of carbonyl (C=O) groups excluding carboxylic acids is 1. The molecule has 0 saturated heterocycles. The number of methoxy groups -OCH3 is 1. The number of carbonyl (C=O) groups is 1. The van der Waals surface area contributed by atoms with Crippen LogP contribution >= 0.6 is 46.4 Å². The summed E-state index contributed by atoms with van der Waals surface area (Å²) >= 11 is 24.0. The molecule has 0 saturated carbocycles. The van der Waals surface area contributed by atoms with E-state index in [4.69, 9.17) is 51.1 Å². The summed E-state index contributed by atoms with van der Waals surface area (Å²) in [5, 5.41) is 1.06. The van der Waals surface area contributed by atoms with Crippen LogP contribution in [0.4, 0.5) is 0 Å². The van der Waals surface area contributed by atoms with E-state index >= 15 is 0 Å². The van der Waals surface area contributed by atoms with Crippen LogP contribution in [-0.2, 0) is 4.74 Å². The van der Waals surface area contributed by atoms with Crippen molar-refractivity contribution in [3.8, 4) is 11.3 Å². The zero-order chi connectivity index (χ0) is 14.9. The first-order valence-electron chi connectivity index (χ1n) is 5.34. The van der Waals surface area contributed by atoms with Crippen LogP contribution in [0.15, 0.2) is 24.3 Å². The fourth-order valence-electron chi connectivity index (χ4n) is 1.64. The Kier molecular flexibility index (Phi) is 4.76. The lowest BCUT2D eigenvalue weighted by Crippen LogP contribution is -2.05. The highest BCUT2D eigenvalue weighted by atomic mass is 35.5. The number of hydrogen-bond acceptors (Lipinski definition) is 3. The molecule has 0 fully saturated rings. The van der Waals surface area contributed by atoms with Gasteiger partial charge >= 0.3 is 5.97 Å². The number of nitrogens with zero attached hydrogens (tertiary/aromatic N) is 1. The van der Waals surface area contributed by atoms with Gasteiger partial charge in [-0.1, -0.05) is 46.4 Å². The minimum Gasteiger partial charge on any atom is -0.465 e. The maximum Gasteiger partial charge on any atom is 0.340 e. The van der Waals surface area contributed by atoms with E-state index in [1.165, 1.54) is 25.3 Å². The lowest BCUT2D eigenvalue weighted by Gasteiger charge is -2.10. The summed E-state index contributed by atoms with van der Waals surface area (Å²) in [4.78, 5) is 15.9. The second-order valence-corrected chi connectivity index (χ2v) is 5.38. The molecular weight excluding hydrogens is 344 g/mol. The zero-order valence-electron chi connectivity index (χ0n) is 10.1. The Morgan fingerprint density at radius 2 is 1.85 bits per heavy atom. The first-order valence-corrected chi connectivity index (χ1v) is 6.85. The lowest BCUT2D eigenvalue weighted by molar-refractivity contribution is 0.0601.